The van der Waals surface area contributed by atoms with Gasteiger partial charge in [-0.3, -0.25) is 9.59 Å². The van der Waals surface area contributed by atoms with Gasteiger partial charge >= 0.3 is 0 Å². The van der Waals surface area contributed by atoms with Crippen LogP contribution in [0.4, 0.5) is 5.69 Å². The van der Waals surface area contributed by atoms with E-state index in [0.717, 1.165) is 5.69 Å². The molecule has 5 heteroatoms. The Morgan fingerprint density at radius 3 is 2.62 bits per heavy atom. The maximum Gasteiger partial charge on any atom is 0.296 e. The van der Waals surface area contributed by atoms with E-state index >= 15 is 0 Å². The molecule has 2 heterocycles. The number of nitrogens with one attached hydrogen (secondary N) is 1. The van der Waals surface area contributed by atoms with Crippen LogP contribution < -0.4 is 5.32 Å². The largest absolute Gasteiger partial charge is 0.316 e. The lowest BCUT2D eigenvalue weighted by molar-refractivity contribution is -0.112. The average molecular weight is 279 g/mol. The number of anilines is 1. The number of carbonyl (C=O) groups is 2. The summed E-state index contributed by atoms with van der Waals surface area (Å²) >= 11 is 0. The minimum Gasteiger partial charge on any atom is -0.316 e. The van der Waals surface area contributed by atoms with Gasteiger partial charge in [0, 0.05) is 18.0 Å². The molecular weight excluding hydrogens is 266 g/mol. The van der Waals surface area contributed by atoms with E-state index in [4.69, 9.17) is 0 Å². The van der Waals surface area contributed by atoms with Crippen molar-refractivity contribution in [3.05, 3.63) is 66.1 Å². The minimum absolute atomic E-state index is 0.362. The highest BCUT2D eigenvalue weighted by molar-refractivity contribution is 6.46. The first-order valence-corrected chi connectivity index (χ1v) is 6.50. The third-order valence-electron chi connectivity index (χ3n) is 3.09. The number of hydrogen-bond donors (Lipinski definition) is 1. The average Bonchev–Trinajstić information content (AvgIpc) is 2.88. The highest BCUT2D eigenvalue weighted by Gasteiger charge is 2.17. The van der Waals surface area contributed by atoms with Crippen molar-refractivity contribution in [3.8, 4) is 0 Å². The zero-order valence-corrected chi connectivity index (χ0v) is 11.4. The first-order valence-electron chi connectivity index (χ1n) is 6.50. The topological polar surface area (TPSA) is 63.5 Å². The Morgan fingerprint density at radius 1 is 1.10 bits per heavy atom. The van der Waals surface area contributed by atoms with Gasteiger partial charge in [0.2, 0.25) is 0 Å². The molecule has 0 spiro atoms. The molecule has 0 radical (unpaired) electrons. The zero-order valence-electron chi connectivity index (χ0n) is 11.4. The highest BCUT2D eigenvalue weighted by Crippen LogP contribution is 2.16. The molecule has 2 aromatic heterocycles. The Kier molecular flexibility index (Phi) is 3.23. The maximum atomic E-state index is 12.1. The quantitative estimate of drug-likeness (QED) is 0.591. The number of ketones is 1. The van der Waals surface area contributed by atoms with Gasteiger partial charge in [-0.1, -0.05) is 30.3 Å². The van der Waals surface area contributed by atoms with Gasteiger partial charge in [0.05, 0.1) is 11.4 Å². The number of hydrogen-bond acceptors (Lipinski definition) is 3. The van der Waals surface area contributed by atoms with E-state index in [2.05, 4.69) is 10.3 Å². The summed E-state index contributed by atoms with van der Waals surface area (Å²) in [7, 11) is 0. The second kappa shape index (κ2) is 5.20. The van der Waals surface area contributed by atoms with Crippen LogP contribution in [-0.2, 0) is 4.79 Å². The van der Waals surface area contributed by atoms with Crippen molar-refractivity contribution in [3.63, 3.8) is 0 Å². The number of pyridine rings is 1. The first kappa shape index (κ1) is 13.1. The molecule has 0 aliphatic rings. The number of amides is 1. The Labute approximate surface area is 121 Å². The summed E-state index contributed by atoms with van der Waals surface area (Å²) in [5.41, 5.74) is 2.33. The van der Waals surface area contributed by atoms with Crippen LogP contribution in [0.5, 0.6) is 0 Å². The molecule has 1 aromatic carbocycles. The molecule has 1 N–H and O–H groups in total. The fraction of sp³-hybridized carbons (Fsp3) is 0.0625. The van der Waals surface area contributed by atoms with Gasteiger partial charge in [-0.15, -0.1) is 0 Å². The molecule has 0 bridgehead atoms. The smallest absolute Gasteiger partial charge is 0.296 e. The number of aryl methyl sites for hydroxylation is 1. The van der Waals surface area contributed by atoms with Crippen LogP contribution in [0.2, 0.25) is 0 Å². The van der Waals surface area contributed by atoms with E-state index in [-0.39, 0.29) is 0 Å². The maximum absolute atomic E-state index is 12.1. The third kappa shape index (κ3) is 2.53. The number of imidazole rings is 1. The molecular formula is C16H13N3O2. The standard InChI is InChI=1S/C16H13N3O2/c1-11-10-19-9-5-8-13(15(19)17-11)18-16(21)14(20)12-6-3-2-4-7-12/h2-10H,1H3,(H,18,21). The predicted octanol–water partition coefficient (Wildman–Crippen LogP) is 2.46. The Morgan fingerprint density at radius 2 is 1.86 bits per heavy atom. The lowest BCUT2D eigenvalue weighted by atomic mass is 10.1. The molecule has 0 aliphatic carbocycles. The summed E-state index contributed by atoms with van der Waals surface area (Å²) in [5, 5.41) is 2.62. The van der Waals surface area contributed by atoms with Crippen LogP contribution in [0.3, 0.4) is 0 Å². The number of fused-ring (bicyclic) bond motifs is 1. The third-order valence-corrected chi connectivity index (χ3v) is 3.09. The molecule has 0 aliphatic heterocycles. The number of carbonyl (C=O) groups excluding carboxylic acids is 2. The Balaban J connectivity index is 1.88. The van der Waals surface area contributed by atoms with Gasteiger partial charge in [-0.05, 0) is 19.1 Å². The molecule has 3 rings (SSSR count). The number of aromatic nitrogens is 2. The summed E-state index contributed by atoms with van der Waals surface area (Å²) in [6.45, 7) is 1.87. The van der Waals surface area contributed by atoms with E-state index in [0.29, 0.717) is 16.9 Å². The summed E-state index contributed by atoms with van der Waals surface area (Å²) in [6.07, 6.45) is 3.69. The van der Waals surface area contributed by atoms with Crippen molar-refractivity contribution in [1.29, 1.82) is 0 Å². The first-order chi connectivity index (χ1) is 10.1. The predicted molar refractivity (Wildman–Crippen MR) is 79.3 cm³/mol. The SMILES string of the molecule is Cc1cn2cccc(NC(=O)C(=O)c3ccccc3)c2n1. The van der Waals surface area contributed by atoms with Crippen LogP contribution in [0.15, 0.2) is 54.9 Å². The molecule has 0 saturated heterocycles. The molecule has 0 atom stereocenters. The minimum atomic E-state index is -0.671. The monoisotopic (exact) mass is 279 g/mol. The number of Topliss-reactive ketones (excluding diaryl/α,β-unsaturated/α-hetero) is 1. The molecule has 0 fully saturated rings. The van der Waals surface area contributed by atoms with Gasteiger partial charge in [-0.2, -0.15) is 0 Å². The van der Waals surface area contributed by atoms with Crippen LogP contribution in [0, 0.1) is 6.92 Å². The molecule has 0 saturated carbocycles. The highest BCUT2D eigenvalue weighted by atomic mass is 16.2. The summed E-state index contributed by atoms with van der Waals surface area (Å²) in [4.78, 5) is 28.5. The fourth-order valence-electron chi connectivity index (χ4n) is 2.13. The Hall–Kier alpha value is -2.95. The lowest BCUT2D eigenvalue weighted by Crippen LogP contribution is -2.23. The lowest BCUT2D eigenvalue weighted by Gasteiger charge is -2.05. The van der Waals surface area contributed by atoms with Crippen molar-refractivity contribution < 1.29 is 9.59 Å². The second-order valence-corrected chi connectivity index (χ2v) is 4.68. The second-order valence-electron chi connectivity index (χ2n) is 4.68. The summed E-state index contributed by atoms with van der Waals surface area (Å²) in [5.74, 6) is -1.24. The molecule has 0 unspecified atom stereocenters. The molecule has 5 nitrogen and oxygen atoms in total. The van der Waals surface area contributed by atoms with Gasteiger partial charge in [0.1, 0.15) is 0 Å². The van der Waals surface area contributed by atoms with Crippen molar-refractivity contribution in [2.75, 3.05) is 5.32 Å². The van der Waals surface area contributed by atoms with Crippen molar-refractivity contribution in [1.82, 2.24) is 9.38 Å². The van der Waals surface area contributed by atoms with E-state index < -0.39 is 11.7 Å². The van der Waals surface area contributed by atoms with Crippen LogP contribution >= 0.6 is 0 Å². The number of nitrogens with zero attached hydrogens (tertiary/aromatic N) is 2. The normalized spacial score (nSPS) is 10.5. The van der Waals surface area contributed by atoms with Gasteiger partial charge in [0.25, 0.3) is 11.7 Å². The molecule has 21 heavy (non-hydrogen) atoms. The molecule has 3 aromatic rings. The summed E-state index contributed by atoms with van der Waals surface area (Å²) in [6, 6.07) is 12.0. The van der Waals surface area contributed by atoms with Crippen molar-refractivity contribution >= 4 is 23.0 Å². The zero-order chi connectivity index (χ0) is 14.8. The molecule has 1 amide bonds. The van der Waals surface area contributed by atoms with Crippen molar-refractivity contribution in [2.24, 2.45) is 0 Å². The van der Waals surface area contributed by atoms with E-state index in [1.54, 1.807) is 46.9 Å². The summed E-state index contributed by atoms with van der Waals surface area (Å²) < 4.78 is 1.80. The van der Waals surface area contributed by atoms with Gasteiger partial charge in [-0.25, -0.2) is 4.98 Å². The van der Waals surface area contributed by atoms with E-state index in [9.17, 15) is 9.59 Å². The Bertz CT molecular complexity index is 822. The van der Waals surface area contributed by atoms with Gasteiger partial charge in [0.15, 0.2) is 5.65 Å². The van der Waals surface area contributed by atoms with E-state index in [1.807, 2.05) is 19.3 Å². The van der Waals surface area contributed by atoms with Crippen LogP contribution in [-0.4, -0.2) is 21.1 Å². The van der Waals surface area contributed by atoms with E-state index in [1.165, 1.54) is 0 Å². The van der Waals surface area contributed by atoms with Gasteiger partial charge < -0.3 is 9.72 Å². The number of rotatable bonds is 3. The number of benzene rings is 1. The molecule has 104 valence electrons. The van der Waals surface area contributed by atoms with Crippen LogP contribution in [0.25, 0.3) is 5.65 Å². The fourth-order valence-corrected chi connectivity index (χ4v) is 2.13. The van der Waals surface area contributed by atoms with Crippen LogP contribution in [0.1, 0.15) is 16.1 Å². The van der Waals surface area contributed by atoms with Crippen molar-refractivity contribution in [2.45, 2.75) is 6.92 Å².